The third-order valence-corrected chi connectivity index (χ3v) is 6.38. The predicted molar refractivity (Wildman–Crippen MR) is 112 cm³/mol. The summed E-state index contributed by atoms with van der Waals surface area (Å²) in [6.45, 7) is 2.77. The SMILES string of the molecule is COc1ccc(-n2nnn(C[NH+](C)[C@H](C)c3nc4ccccc4s3)c2=S)cc1. The number of fused-ring (bicyclic) bond motifs is 1. The maximum Gasteiger partial charge on any atom is 0.225 e. The van der Waals surface area contributed by atoms with E-state index >= 15 is 0 Å². The lowest BCUT2D eigenvalue weighted by Crippen LogP contribution is -3.08. The molecule has 2 atom stereocenters. The van der Waals surface area contributed by atoms with Crippen molar-refractivity contribution < 1.29 is 9.64 Å². The summed E-state index contributed by atoms with van der Waals surface area (Å²) in [5.41, 5.74) is 1.90. The molecule has 0 aliphatic rings. The molecule has 9 heteroatoms. The van der Waals surface area contributed by atoms with Gasteiger partial charge in [0, 0.05) is 0 Å². The minimum atomic E-state index is 0.213. The molecular weight excluding hydrogens is 392 g/mol. The monoisotopic (exact) mass is 413 g/mol. The van der Waals surface area contributed by atoms with Crippen LogP contribution in [0.15, 0.2) is 48.5 Å². The normalized spacial score (nSPS) is 13.5. The highest BCUT2D eigenvalue weighted by atomic mass is 32.1. The zero-order chi connectivity index (χ0) is 19.7. The van der Waals surface area contributed by atoms with E-state index in [1.54, 1.807) is 27.8 Å². The van der Waals surface area contributed by atoms with Crippen molar-refractivity contribution in [3.05, 3.63) is 58.3 Å². The molecule has 1 unspecified atom stereocenters. The lowest BCUT2D eigenvalue weighted by Gasteiger charge is -2.19. The van der Waals surface area contributed by atoms with Gasteiger partial charge in [-0.3, -0.25) is 0 Å². The highest BCUT2D eigenvalue weighted by Crippen LogP contribution is 2.24. The Balaban J connectivity index is 1.53. The maximum absolute atomic E-state index is 5.59. The van der Waals surface area contributed by atoms with E-state index in [0.29, 0.717) is 11.4 Å². The molecule has 4 aromatic rings. The van der Waals surface area contributed by atoms with Gasteiger partial charge in [-0.1, -0.05) is 12.1 Å². The van der Waals surface area contributed by atoms with Gasteiger partial charge in [-0.15, -0.1) is 11.3 Å². The van der Waals surface area contributed by atoms with Crippen molar-refractivity contribution in [3.8, 4) is 11.4 Å². The Labute approximate surface area is 171 Å². The number of nitrogens with one attached hydrogen (secondary N) is 1. The first-order chi connectivity index (χ1) is 13.6. The highest BCUT2D eigenvalue weighted by Gasteiger charge is 2.21. The van der Waals surface area contributed by atoms with Crippen LogP contribution in [0.3, 0.4) is 0 Å². The van der Waals surface area contributed by atoms with E-state index in [4.69, 9.17) is 21.9 Å². The van der Waals surface area contributed by atoms with Gasteiger partial charge in [0.05, 0.1) is 30.1 Å². The topological polar surface area (TPSA) is 62.2 Å². The van der Waals surface area contributed by atoms with Gasteiger partial charge in [-0.05, 0) is 66.0 Å². The maximum atomic E-state index is 5.59. The molecule has 2 aromatic carbocycles. The Hall–Kier alpha value is -2.62. The molecular formula is C19H21N6OS2+. The van der Waals surface area contributed by atoms with Crippen LogP contribution in [0.4, 0.5) is 0 Å². The number of aromatic nitrogens is 5. The molecule has 144 valence electrons. The Morgan fingerprint density at radius 3 is 2.61 bits per heavy atom. The molecule has 28 heavy (non-hydrogen) atoms. The molecule has 2 heterocycles. The Morgan fingerprint density at radius 1 is 1.14 bits per heavy atom. The Morgan fingerprint density at radius 2 is 1.89 bits per heavy atom. The van der Waals surface area contributed by atoms with Crippen molar-refractivity contribution in [2.24, 2.45) is 0 Å². The zero-order valence-corrected chi connectivity index (χ0v) is 17.5. The lowest BCUT2D eigenvalue weighted by molar-refractivity contribution is -0.933. The van der Waals surface area contributed by atoms with Crippen LogP contribution in [0, 0.1) is 4.77 Å². The number of methoxy groups -OCH3 is 1. The van der Waals surface area contributed by atoms with E-state index in [2.05, 4.69) is 30.5 Å². The van der Waals surface area contributed by atoms with Crippen LogP contribution >= 0.6 is 23.6 Å². The van der Waals surface area contributed by atoms with Gasteiger partial charge in [0.2, 0.25) is 4.77 Å². The number of thiazole rings is 1. The van der Waals surface area contributed by atoms with Gasteiger partial charge in [0.25, 0.3) is 0 Å². The van der Waals surface area contributed by atoms with Crippen LogP contribution in [-0.4, -0.2) is 38.9 Å². The van der Waals surface area contributed by atoms with Crippen LogP contribution < -0.4 is 9.64 Å². The summed E-state index contributed by atoms with van der Waals surface area (Å²) in [5.74, 6) is 0.788. The van der Waals surface area contributed by atoms with E-state index in [0.717, 1.165) is 22.0 Å². The van der Waals surface area contributed by atoms with Gasteiger partial charge >= 0.3 is 0 Å². The number of rotatable bonds is 6. The second-order valence-electron chi connectivity index (χ2n) is 6.62. The van der Waals surface area contributed by atoms with Crippen molar-refractivity contribution in [2.45, 2.75) is 19.6 Å². The van der Waals surface area contributed by atoms with Crippen molar-refractivity contribution >= 4 is 33.8 Å². The second-order valence-corrected chi connectivity index (χ2v) is 8.04. The Kier molecular flexibility index (Phi) is 5.21. The average Bonchev–Trinajstić information content (AvgIpc) is 3.31. The first-order valence-corrected chi connectivity index (χ1v) is 10.1. The number of hydrogen-bond donors (Lipinski definition) is 1. The smallest absolute Gasteiger partial charge is 0.225 e. The summed E-state index contributed by atoms with van der Waals surface area (Å²) in [6.07, 6.45) is 0. The quantitative estimate of drug-likeness (QED) is 0.493. The number of tetrazole rings is 1. The summed E-state index contributed by atoms with van der Waals surface area (Å²) < 4.78 is 10.4. The van der Waals surface area contributed by atoms with Gasteiger partial charge < -0.3 is 9.64 Å². The standard InChI is InChI=1S/C19H20N6OS2/c1-13(18-20-16-6-4-5-7-17(16)28-18)23(2)12-24-19(27)25(22-21-24)14-8-10-15(26-3)11-9-14/h4-11,13H,12H2,1-3H3/p+1/t13-/m1/s1. The number of quaternary nitrogens is 1. The molecule has 0 amide bonds. The fourth-order valence-corrected chi connectivity index (χ4v) is 4.27. The fourth-order valence-electron chi connectivity index (χ4n) is 2.92. The van der Waals surface area contributed by atoms with Crippen LogP contribution in [-0.2, 0) is 6.67 Å². The van der Waals surface area contributed by atoms with Crippen LogP contribution in [0.5, 0.6) is 5.75 Å². The van der Waals surface area contributed by atoms with Crippen molar-refractivity contribution in [1.29, 1.82) is 0 Å². The molecule has 7 nitrogen and oxygen atoms in total. The van der Waals surface area contributed by atoms with Crippen LogP contribution in [0.1, 0.15) is 18.0 Å². The van der Waals surface area contributed by atoms with E-state index in [1.165, 1.54) is 9.60 Å². The molecule has 0 fully saturated rings. The van der Waals surface area contributed by atoms with Gasteiger partial charge in [-0.2, -0.15) is 9.36 Å². The third-order valence-electron chi connectivity index (χ3n) is 4.78. The van der Waals surface area contributed by atoms with Crippen LogP contribution in [0.2, 0.25) is 0 Å². The minimum Gasteiger partial charge on any atom is -0.497 e. The summed E-state index contributed by atoms with van der Waals surface area (Å²) >= 11 is 7.32. The zero-order valence-electron chi connectivity index (χ0n) is 15.9. The van der Waals surface area contributed by atoms with E-state index in [-0.39, 0.29) is 6.04 Å². The molecule has 0 saturated heterocycles. The first-order valence-electron chi connectivity index (χ1n) is 8.92. The average molecular weight is 414 g/mol. The van der Waals surface area contributed by atoms with Gasteiger partial charge in [0.1, 0.15) is 11.8 Å². The molecule has 2 aromatic heterocycles. The van der Waals surface area contributed by atoms with Gasteiger partial charge in [0.15, 0.2) is 11.7 Å². The third kappa shape index (κ3) is 3.56. The molecule has 0 aliphatic carbocycles. The highest BCUT2D eigenvalue weighted by molar-refractivity contribution is 7.71. The first kappa shape index (κ1) is 18.7. The molecule has 0 spiro atoms. The summed E-state index contributed by atoms with van der Waals surface area (Å²) in [6, 6.07) is 16.0. The molecule has 1 N–H and O–H groups in total. The summed E-state index contributed by atoms with van der Waals surface area (Å²) in [7, 11) is 3.76. The lowest BCUT2D eigenvalue weighted by atomic mass is 10.3. The van der Waals surface area contributed by atoms with Gasteiger partial charge in [-0.25, -0.2) is 4.98 Å². The molecule has 0 bridgehead atoms. The van der Waals surface area contributed by atoms with E-state index in [1.807, 2.05) is 42.5 Å². The van der Waals surface area contributed by atoms with Crippen molar-refractivity contribution in [1.82, 2.24) is 24.8 Å². The number of hydrogen-bond acceptors (Lipinski definition) is 6. The number of para-hydroxylation sites is 1. The predicted octanol–water partition coefficient (Wildman–Crippen LogP) is 2.65. The van der Waals surface area contributed by atoms with E-state index in [9.17, 15) is 0 Å². The molecule has 0 aliphatic heterocycles. The molecule has 0 saturated carbocycles. The number of benzene rings is 2. The van der Waals surface area contributed by atoms with Crippen molar-refractivity contribution in [3.63, 3.8) is 0 Å². The summed E-state index contributed by atoms with van der Waals surface area (Å²) in [5, 5.41) is 9.57. The fraction of sp³-hybridized carbons (Fsp3) is 0.263. The Bertz CT molecular complexity index is 1110. The number of ether oxygens (including phenoxy) is 1. The minimum absolute atomic E-state index is 0.213. The largest absolute Gasteiger partial charge is 0.497 e. The summed E-state index contributed by atoms with van der Waals surface area (Å²) in [4.78, 5) is 6.01. The van der Waals surface area contributed by atoms with Crippen molar-refractivity contribution in [2.75, 3.05) is 14.2 Å². The van der Waals surface area contributed by atoms with Crippen LogP contribution in [0.25, 0.3) is 15.9 Å². The second kappa shape index (κ2) is 7.78. The molecule has 0 radical (unpaired) electrons. The number of nitrogens with zero attached hydrogens (tertiary/aromatic N) is 5. The van der Waals surface area contributed by atoms with E-state index < -0.39 is 0 Å². The molecule has 4 rings (SSSR count).